The number of furan rings is 1. The molecular weight excluding hydrogens is 202 g/mol. The van der Waals surface area contributed by atoms with Crippen molar-refractivity contribution >= 4 is 0 Å². The van der Waals surface area contributed by atoms with Gasteiger partial charge in [0.1, 0.15) is 0 Å². The van der Waals surface area contributed by atoms with Crippen LogP contribution in [0.3, 0.4) is 0 Å². The van der Waals surface area contributed by atoms with E-state index in [-0.39, 0.29) is 0 Å². The highest BCUT2D eigenvalue weighted by molar-refractivity contribution is 5.11. The molecule has 86 valence electrons. The molecule has 0 aliphatic rings. The fourth-order valence-electron chi connectivity index (χ4n) is 1.58. The average Bonchev–Trinajstić information content (AvgIpc) is 2.96. The number of nitrogens with one attached hydrogen (secondary N) is 1. The molecule has 0 amide bonds. The van der Waals surface area contributed by atoms with E-state index in [4.69, 9.17) is 4.42 Å². The number of hydrogen-bond donors (Lipinski definition) is 1. The molecule has 1 N–H and O–H groups in total. The van der Waals surface area contributed by atoms with Crippen LogP contribution in [0, 0.1) is 0 Å². The third-order valence-electron chi connectivity index (χ3n) is 2.67. The van der Waals surface area contributed by atoms with Gasteiger partial charge in [-0.3, -0.25) is 4.68 Å². The Morgan fingerprint density at radius 2 is 2.44 bits per heavy atom. The van der Waals surface area contributed by atoms with E-state index in [1.54, 1.807) is 12.5 Å². The molecule has 0 saturated heterocycles. The van der Waals surface area contributed by atoms with Crippen LogP contribution in [0.5, 0.6) is 0 Å². The van der Waals surface area contributed by atoms with Crippen LogP contribution < -0.4 is 5.32 Å². The molecule has 0 fully saturated rings. The van der Waals surface area contributed by atoms with Gasteiger partial charge in [0.25, 0.3) is 0 Å². The fourth-order valence-corrected chi connectivity index (χ4v) is 1.58. The van der Waals surface area contributed by atoms with Gasteiger partial charge in [0.2, 0.25) is 0 Å². The zero-order chi connectivity index (χ0) is 11.4. The summed E-state index contributed by atoms with van der Waals surface area (Å²) in [4.78, 5) is 0. The molecule has 16 heavy (non-hydrogen) atoms. The summed E-state index contributed by atoms with van der Waals surface area (Å²) in [5.74, 6) is 0. The predicted molar refractivity (Wildman–Crippen MR) is 61.9 cm³/mol. The van der Waals surface area contributed by atoms with E-state index in [9.17, 15) is 0 Å². The molecular formula is C12H17N3O. The van der Waals surface area contributed by atoms with Crippen molar-refractivity contribution in [3.05, 3.63) is 42.1 Å². The van der Waals surface area contributed by atoms with E-state index in [1.807, 2.05) is 16.9 Å². The van der Waals surface area contributed by atoms with Crippen LogP contribution in [-0.2, 0) is 13.1 Å². The lowest BCUT2D eigenvalue weighted by molar-refractivity contribution is 0.538. The van der Waals surface area contributed by atoms with E-state index < -0.39 is 0 Å². The Balaban J connectivity index is 1.87. The highest BCUT2D eigenvalue weighted by atomic mass is 16.3. The number of aryl methyl sites for hydroxylation is 1. The SMILES string of the molecule is CCn1cc(CNC(C)c2ccoc2)cn1. The Hall–Kier alpha value is -1.55. The van der Waals surface area contributed by atoms with E-state index in [0.717, 1.165) is 13.1 Å². The van der Waals surface area contributed by atoms with E-state index in [1.165, 1.54) is 11.1 Å². The van der Waals surface area contributed by atoms with Crippen molar-refractivity contribution < 1.29 is 4.42 Å². The molecule has 0 spiro atoms. The van der Waals surface area contributed by atoms with Crippen molar-refractivity contribution in [2.24, 2.45) is 0 Å². The van der Waals surface area contributed by atoms with Gasteiger partial charge in [-0.2, -0.15) is 5.10 Å². The van der Waals surface area contributed by atoms with Gasteiger partial charge < -0.3 is 9.73 Å². The summed E-state index contributed by atoms with van der Waals surface area (Å²) in [6, 6.07) is 2.27. The zero-order valence-corrected chi connectivity index (χ0v) is 9.68. The van der Waals surface area contributed by atoms with Gasteiger partial charge >= 0.3 is 0 Å². The summed E-state index contributed by atoms with van der Waals surface area (Å²) in [5.41, 5.74) is 2.38. The number of nitrogens with zero attached hydrogens (tertiary/aromatic N) is 2. The van der Waals surface area contributed by atoms with Crippen molar-refractivity contribution in [3.8, 4) is 0 Å². The third-order valence-corrected chi connectivity index (χ3v) is 2.67. The molecule has 2 aromatic heterocycles. The molecule has 2 aromatic rings. The van der Waals surface area contributed by atoms with Crippen molar-refractivity contribution in [1.82, 2.24) is 15.1 Å². The molecule has 0 saturated carbocycles. The molecule has 0 aromatic carbocycles. The molecule has 0 aliphatic carbocycles. The minimum absolute atomic E-state index is 0.295. The molecule has 0 aliphatic heterocycles. The normalized spacial score (nSPS) is 12.9. The first-order valence-corrected chi connectivity index (χ1v) is 5.56. The van der Waals surface area contributed by atoms with Crippen LogP contribution in [0.15, 0.2) is 35.4 Å². The highest BCUT2D eigenvalue weighted by Crippen LogP contribution is 2.12. The minimum atomic E-state index is 0.295. The maximum absolute atomic E-state index is 5.05. The number of hydrogen-bond acceptors (Lipinski definition) is 3. The Morgan fingerprint density at radius 3 is 3.06 bits per heavy atom. The van der Waals surface area contributed by atoms with Crippen LogP contribution in [-0.4, -0.2) is 9.78 Å². The van der Waals surface area contributed by atoms with Gasteiger partial charge in [0.05, 0.1) is 18.7 Å². The Bertz CT molecular complexity index is 419. The average molecular weight is 219 g/mol. The topological polar surface area (TPSA) is 43.0 Å². The maximum Gasteiger partial charge on any atom is 0.0950 e. The maximum atomic E-state index is 5.05. The van der Waals surface area contributed by atoms with E-state index in [0.29, 0.717) is 6.04 Å². The number of aromatic nitrogens is 2. The van der Waals surface area contributed by atoms with Crippen LogP contribution in [0.2, 0.25) is 0 Å². The molecule has 4 nitrogen and oxygen atoms in total. The summed E-state index contributed by atoms with van der Waals surface area (Å²) >= 11 is 0. The largest absolute Gasteiger partial charge is 0.472 e. The lowest BCUT2D eigenvalue weighted by Gasteiger charge is -2.10. The zero-order valence-electron chi connectivity index (χ0n) is 9.68. The predicted octanol–water partition coefficient (Wildman–Crippen LogP) is 2.35. The second kappa shape index (κ2) is 4.99. The van der Waals surface area contributed by atoms with Gasteiger partial charge in [0, 0.05) is 36.5 Å². The molecule has 0 bridgehead atoms. The molecule has 0 radical (unpaired) electrons. The third kappa shape index (κ3) is 2.52. The smallest absolute Gasteiger partial charge is 0.0950 e. The summed E-state index contributed by atoms with van der Waals surface area (Å²) in [7, 11) is 0. The van der Waals surface area contributed by atoms with Gasteiger partial charge in [-0.15, -0.1) is 0 Å². The Kier molecular flexibility index (Phi) is 3.41. The molecule has 1 atom stereocenters. The first-order valence-electron chi connectivity index (χ1n) is 5.56. The van der Waals surface area contributed by atoms with Crippen LogP contribution in [0.25, 0.3) is 0 Å². The second-order valence-corrected chi connectivity index (χ2v) is 3.86. The lowest BCUT2D eigenvalue weighted by Crippen LogP contribution is -2.17. The molecule has 4 heteroatoms. The molecule has 2 heterocycles. The highest BCUT2D eigenvalue weighted by Gasteiger charge is 2.06. The van der Waals surface area contributed by atoms with Gasteiger partial charge in [-0.25, -0.2) is 0 Å². The Morgan fingerprint density at radius 1 is 1.56 bits per heavy atom. The van der Waals surface area contributed by atoms with Crippen LogP contribution in [0.4, 0.5) is 0 Å². The first-order chi connectivity index (χ1) is 7.79. The monoisotopic (exact) mass is 219 g/mol. The van der Waals surface area contributed by atoms with Crippen molar-refractivity contribution in [3.63, 3.8) is 0 Å². The summed E-state index contributed by atoms with van der Waals surface area (Å²) < 4.78 is 6.98. The standard InChI is InChI=1S/C12H17N3O/c1-3-15-8-11(7-14-15)6-13-10(2)12-4-5-16-9-12/h4-5,7-10,13H,3,6H2,1-2H3. The summed E-state index contributed by atoms with van der Waals surface area (Å²) in [5, 5.41) is 7.66. The fraction of sp³-hybridized carbons (Fsp3) is 0.417. The molecule has 1 unspecified atom stereocenters. The Labute approximate surface area is 95.3 Å². The van der Waals surface area contributed by atoms with Gasteiger partial charge in [-0.1, -0.05) is 0 Å². The number of rotatable bonds is 5. The lowest BCUT2D eigenvalue weighted by atomic mass is 10.2. The van der Waals surface area contributed by atoms with Gasteiger partial charge in [-0.05, 0) is 19.9 Å². The van der Waals surface area contributed by atoms with Crippen LogP contribution >= 0.6 is 0 Å². The van der Waals surface area contributed by atoms with Crippen molar-refractivity contribution in [2.45, 2.75) is 33.0 Å². The first kappa shape index (κ1) is 11.0. The molecule has 2 rings (SSSR count). The second-order valence-electron chi connectivity index (χ2n) is 3.86. The van der Waals surface area contributed by atoms with Crippen LogP contribution in [0.1, 0.15) is 31.0 Å². The van der Waals surface area contributed by atoms with Crippen molar-refractivity contribution in [2.75, 3.05) is 0 Å². The van der Waals surface area contributed by atoms with Crippen molar-refractivity contribution in [1.29, 1.82) is 0 Å². The van der Waals surface area contributed by atoms with E-state index >= 15 is 0 Å². The quantitative estimate of drug-likeness (QED) is 0.839. The minimum Gasteiger partial charge on any atom is -0.472 e. The van der Waals surface area contributed by atoms with Gasteiger partial charge in [0.15, 0.2) is 0 Å². The summed E-state index contributed by atoms with van der Waals surface area (Å²) in [6.07, 6.45) is 7.43. The summed E-state index contributed by atoms with van der Waals surface area (Å²) in [6.45, 7) is 5.94. The van der Waals surface area contributed by atoms with E-state index in [2.05, 4.69) is 30.5 Å².